The fourth-order valence-corrected chi connectivity index (χ4v) is 2.07. The molecular formula is C15H13N5O. The molecule has 0 aliphatic rings. The fourth-order valence-electron chi connectivity index (χ4n) is 2.07. The summed E-state index contributed by atoms with van der Waals surface area (Å²) in [5.41, 5.74) is 4.68. The molecule has 21 heavy (non-hydrogen) atoms. The van der Waals surface area contributed by atoms with Gasteiger partial charge in [0.2, 0.25) is 5.91 Å². The SMILES string of the molecule is C=CC(=O)Nc1cc(-c2ncnc3nc[nH]c23)ccc1C. The zero-order valence-corrected chi connectivity index (χ0v) is 11.4. The van der Waals surface area contributed by atoms with Crippen molar-refractivity contribution < 1.29 is 4.79 Å². The Morgan fingerprint density at radius 1 is 1.33 bits per heavy atom. The third-order valence-corrected chi connectivity index (χ3v) is 3.18. The van der Waals surface area contributed by atoms with E-state index in [1.807, 2.05) is 25.1 Å². The van der Waals surface area contributed by atoms with Crippen LogP contribution < -0.4 is 5.32 Å². The smallest absolute Gasteiger partial charge is 0.247 e. The van der Waals surface area contributed by atoms with Gasteiger partial charge in [0.15, 0.2) is 5.65 Å². The summed E-state index contributed by atoms with van der Waals surface area (Å²) in [4.78, 5) is 27.0. The average molecular weight is 279 g/mol. The van der Waals surface area contributed by atoms with Gasteiger partial charge in [-0.2, -0.15) is 0 Å². The molecule has 104 valence electrons. The molecule has 1 aromatic carbocycles. The van der Waals surface area contributed by atoms with Crippen LogP contribution in [0.15, 0.2) is 43.5 Å². The van der Waals surface area contributed by atoms with E-state index >= 15 is 0 Å². The number of fused-ring (bicyclic) bond motifs is 1. The summed E-state index contributed by atoms with van der Waals surface area (Å²) >= 11 is 0. The van der Waals surface area contributed by atoms with Gasteiger partial charge in [0.05, 0.1) is 12.0 Å². The lowest BCUT2D eigenvalue weighted by atomic mass is 10.1. The summed E-state index contributed by atoms with van der Waals surface area (Å²) in [6.07, 6.45) is 4.29. The van der Waals surface area contributed by atoms with Gasteiger partial charge in [0.1, 0.15) is 11.8 Å². The van der Waals surface area contributed by atoms with Gasteiger partial charge in [0, 0.05) is 11.3 Å². The minimum Gasteiger partial charge on any atom is -0.341 e. The molecule has 0 bridgehead atoms. The minimum absolute atomic E-state index is 0.246. The number of carbonyl (C=O) groups is 1. The molecule has 0 aliphatic carbocycles. The Bertz CT molecular complexity index is 837. The Hall–Kier alpha value is -3.02. The van der Waals surface area contributed by atoms with E-state index in [0.717, 1.165) is 28.0 Å². The number of H-pyrrole nitrogens is 1. The number of aryl methyl sites for hydroxylation is 1. The Kier molecular flexibility index (Phi) is 3.19. The molecule has 3 aromatic rings. The molecule has 0 saturated carbocycles. The van der Waals surface area contributed by atoms with Crippen molar-refractivity contribution in [3.05, 3.63) is 49.1 Å². The van der Waals surface area contributed by atoms with Gasteiger partial charge < -0.3 is 10.3 Å². The van der Waals surface area contributed by atoms with E-state index in [4.69, 9.17) is 0 Å². The highest BCUT2D eigenvalue weighted by Crippen LogP contribution is 2.27. The third kappa shape index (κ3) is 2.38. The van der Waals surface area contributed by atoms with Crippen molar-refractivity contribution in [3.8, 4) is 11.3 Å². The largest absolute Gasteiger partial charge is 0.341 e. The minimum atomic E-state index is -0.246. The van der Waals surface area contributed by atoms with Crippen molar-refractivity contribution in [2.24, 2.45) is 0 Å². The van der Waals surface area contributed by atoms with Gasteiger partial charge in [0.25, 0.3) is 0 Å². The summed E-state index contributed by atoms with van der Waals surface area (Å²) < 4.78 is 0. The van der Waals surface area contributed by atoms with Gasteiger partial charge in [-0.1, -0.05) is 18.7 Å². The normalized spacial score (nSPS) is 10.5. The third-order valence-electron chi connectivity index (χ3n) is 3.18. The van der Waals surface area contributed by atoms with Crippen LogP contribution in [-0.2, 0) is 4.79 Å². The maximum Gasteiger partial charge on any atom is 0.247 e. The van der Waals surface area contributed by atoms with Gasteiger partial charge in [-0.15, -0.1) is 0 Å². The predicted molar refractivity (Wildman–Crippen MR) is 80.7 cm³/mol. The number of benzene rings is 1. The molecular weight excluding hydrogens is 266 g/mol. The first-order chi connectivity index (χ1) is 10.2. The zero-order valence-electron chi connectivity index (χ0n) is 11.4. The molecule has 2 N–H and O–H groups in total. The molecule has 0 aliphatic heterocycles. The van der Waals surface area contributed by atoms with E-state index in [1.54, 1.807) is 6.33 Å². The van der Waals surface area contributed by atoms with E-state index in [0.29, 0.717) is 5.65 Å². The summed E-state index contributed by atoms with van der Waals surface area (Å²) in [5.74, 6) is -0.246. The van der Waals surface area contributed by atoms with Crippen LogP contribution in [0.1, 0.15) is 5.56 Å². The Morgan fingerprint density at radius 2 is 2.19 bits per heavy atom. The number of aromatic nitrogens is 4. The Balaban J connectivity index is 2.10. The molecule has 2 heterocycles. The van der Waals surface area contributed by atoms with Crippen LogP contribution in [0.2, 0.25) is 0 Å². The first-order valence-electron chi connectivity index (χ1n) is 6.37. The Morgan fingerprint density at radius 3 is 3.00 bits per heavy atom. The van der Waals surface area contributed by atoms with Crippen LogP contribution in [0.25, 0.3) is 22.4 Å². The standard InChI is InChI=1S/C15H13N5O/c1-3-12(21)20-11-6-10(5-4-9(11)2)13-14-15(18-7-16-13)19-8-17-14/h3-8H,1H2,2H3,(H,20,21)(H,16,17,18,19). The highest BCUT2D eigenvalue weighted by Gasteiger charge is 2.10. The molecule has 0 radical (unpaired) electrons. The molecule has 0 unspecified atom stereocenters. The lowest BCUT2D eigenvalue weighted by Crippen LogP contribution is -2.08. The van der Waals surface area contributed by atoms with E-state index in [-0.39, 0.29) is 5.91 Å². The molecule has 6 heteroatoms. The maximum atomic E-state index is 11.5. The summed E-state index contributed by atoms with van der Waals surface area (Å²) in [6.45, 7) is 5.38. The predicted octanol–water partition coefficient (Wildman–Crippen LogP) is 2.45. The highest BCUT2D eigenvalue weighted by atomic mass is 16.1. The molecule has 6 nitrogen and oxygen atoms in total. The van der Waals surface area contributed by atoms with Crippen molar-refractivity contribution in [1.29, 1.82) is 0 Å². The van der Waals surface area contributed by atoms with E-state index in [1.165, 1.54) is 12.4 Å². The van der Waals surface area contributed by atoms with Crippen molar-refractivity contribution >= 4 is 22.8 Å². The van der Waals surface area contributed by atoms with Crippen LogP contribution in [0.4, 0.5) is 5.69 Å². The van der Waals surface area contributed by atoms with Crippen molar-refractivity contribution in [2.45, 2.75) is 6.92 Å². The number of carbonyl (C=O) groups excluding carboxylic acids is 1. The maximum absolute atomic E-state index is 11.5. The highest BCUT2D eigenvalue weighted by molar-refractivity contribution is 6.00. The fraction of sp³-hybridized carbons (Fsp3) is 0.0667. The van der Waals surface area contributed by atoms with Crippen molar-refractivity contribution in [2.75, 3.05) is 5.32 Å². The van der Waals surface area contributed by atoms with Gasteiger partial charge >= 0.3 is 0 Å². The van der Waals surface area contributed by atoms with Gasteiger partial charge in [-0.05, 0) is 24.6 Å². The molecule has 0 fully saturated rings. The van der Waals surface area contributed by atoms with Crippen LogP contribution >= 0.6 is 0 Å². The second kappa shape index (κ2) is 5.16. The first kappa shape index (κ1) is 13.0. The number of nitrogens with one attached hydrogen (secondary N) is 2. The van der Waals surface area contributed by atoms with Gasteiger partial charge in [-0.25, -0.2) is 15.0 Å². The molecule has 0 atom stereocenters. The quantitative estimate of drug-likeness (QED) is 0.721. The number of aromatic amines is 1. The molecule has 0 spiro atoms. The number of nitrogens with zero attached hydrogens (tertiary/aromatic N) is 3. The van der Waals surface area contributed by atoms with Crippen LogP contribution in [0.3, 0.4) is 0 Å². The molecule has 0 saturated heterocycles. The number of hydrogen-bond acceptors (Lipinski definition) is 4. The average Bonchev–Trinajstić information content (AvgIpc) is 2.97. The summed E-state index contributed by atoms with van der Waals surface area (Å²) in [6, 6.07) is 5.75. The number of amides is 1. The lowest BCUT2D eigenvalue weighted by molar-refractivity contribution is -0.111. The second-order valence-corrected chi connectivity index (χ2v) is 4.55. The zero-order chi connectivity index (χ0) is 14.8. The number of hydrogen-bond donors (Lipinski definition) is 2. The first-order valence-corrected chi connectivity index (χ1v) is 6.37. The molecule has 2 aromatic heterocycles. The van der Waals surface area contributed by atoms with Crippen LogP contribution in [0, 0.1) is 6.92 Å². The summed E-state index contributed by atoms with van der Waals surface area (Å²) in [5, 5.41) is 2.79. The van der Waals surface area contributed by atoms with Crippen LogP contribution in [-0.4, -0.2) is 25.8 Å². The number of rotatable bonds is 3. The molecule has 1 amide bonds. The second-order valence-electron chi connectivity index (χ2n) is 4.55. The van der Waals surface area contributed by atoms with E-state index < -0.39 is 0 Å². The van der Waals surface area contributed by atoms with Gasteiger partial charge in [-0.3, -0.25) is 4.79 Å². The number of anilines is 1. The summed E-state index contributed by atoms with van der Waals surface area (Å²) in [7, 11) is 0. The monoisotopic (exact) mass is 279 g/mol. The topological polar surface area (TPSA) is 83.6 Å². The van der Waals surface area contributed by atoms with Crippen molar-refractivity contribution in [1.82, 2.24) is 19.9 Å². The van der Waals surface area contributed by atoms with Crippen LogP contribution in [0.5, 0.6) is 0 Å². The molecule has 3 rings (SSSR count). The van der Waals surface area contributed by atoms with E-state index in [9.17, 15) is 4.79 Å². The number of imidazole rings is 1. The lowest BCUT2D eigenvalue weighted by Gasteiger charge is -2.09. The van der Waals surface area contributed by atoms with E-state index in [2.05, 4.69) is 31.8 Å². The Labute approximate surface area is 121 Å². The van der Waals surface area contributed by atoms with Crippen molar-refractivity contribution in [3.63, 3.8) is 0 Å².